The Labute approximate surface area is 206 Å². The summed E-state index contributed by atoms with van der Waals surface area (Å²) in [6.45, 7) is 4.37. The van der Waals surface area contributed by atoms with Gasteiger partial charge >= 0.3 is 0 Å². The zero-order chi connectivity index (χ0) is 21.9. The van der Waals surface area contributed by atoms with E-state index < -0.39 is 0 Å². The fraction of sp³-hybridized carbons (Fsp3) is 0.333. The molecule has 0 aliphatic carbocycles. The number of benzene rings is 2. The van der Waals surface area contributed by atoms with Crippen LogP contribution >= 0.6 is 24.0 Å². The van der Waals surface area contributed by atoms with Crippen molar-refractivity contribution in [2.75, 3.05) is 27.4 Å². The number of ether oxygens (including phenoxy) is 2. The third-order valence-corrected chi connectivity index (χ3v) is 4.66. The summed E-state index contributed by atoms with van der Waals surface area (Å²) >= 11 is 0. The number of oxazole rings is 1. The fourth-order valence-electron chi connectivity index (χ4n) is 3.01. The largest absolute Gasteiger partial charge is 0.493 e. The summed E-state index contributed by atoms with van der Waals surface area (Å²) in [5.74, 6) is 2.87. The second-order valence-corrected chi connectivity index (χ2v) is 7.07. The molecule has 3 rings (SSSR count). The number of nitrogens with zero attached hydrogens (tertiary/aromatic N) is 2. The normalized spacial score (nSPS) is 11.0. The van der Waals surface area contributed by atoms with E-state index in [1.165, 1.54) is 0 Å². The van der Waals surface area contributed by atoms with Crippen molar-refractivity contribution in [2.24, 2.45) is 4.99 Å². The second kappa shape index (κ2) is 13.7. The molecule has 0 unspecified atom stereocenters. The van der Waals surface area contributed by atoms with E-state index >= 15 is 0 Å². The molecule has 0 amide bonds. The summed E-state index contributed by atoms with van der Waals surface area (Å²) in [6.07, 6.45) is 2.59. The standard InChI is InChI=1S/C24H30N4O3.HI/c1-18-10-11-20(21(14-18)30-13-7-12-29-3)15-27-24(25-2)28-17-23-26-16-22(31-23)19-8-5-4-6-9-19;/h4-6,8-11,14,16H,7,12-13,15,17H2,1-3H3,(H2,25,27,28);1H. The molecule has 8 heteroatoms. The van der Waals surface area contributed by atoms with Gasteiger partial charge in [0.15, 0.2) is 11.7 Å². The topological polar surface area (TPSA) is 80.9 Å². The number of nitrogens with one attached hydrogen (secondary N) is 2. The van der Waals surface area contributed by atoms with Gasteiger partial charge in [0.2, 0.25) is 5.89 Å². The van der Waals surface area contributed by atoms with E-state index in [0.29, 0.717) is 38.2 Å². The Kier molecular flexibility index (Phi) is 11.0. The van der Waals surface area contributed by atoms with Crippen molar-refractivity contribution in [3.05, 3.63) is 71.7 Å². The highest BCUT2D eigenvalue weighted by atomic mass is 127. The third-order valence-electron chi connectivity index (χ3n) is 4.66. The molecule has 0 aliphatic heterocycles. The van der Waals surface area contributed by atoms with Gasteiger partial charge in [-0.3, -0.25) is 4.99 Å². The highest BCUT2D eigenvalue weighted by molar-refractivity contribution is 14.0. The number of hydrogen-bond acceptors (Lipinski definition) is 5. The first-order chi connectivity index (χ1) is 15.2. The Hall–Kier alpha value is -2.59. The van der Waals surface area contributed by atoms with Crippen LogP contribution in [0.1, 0.15) is 23.4 Å². The molecule has 0 saturated carbocycles. The van der Waals surface area contributed by atoms with Crippen LogP contribution < -0.4 is 15.4 Å². The van der Waals surface area contributed by atoms with Crippen LogP contribution in [0.15, 0.2) is 64.1 Å². The van der Waals surface area contributed by atoms with Crippen molar-refractivity contribution in [3.8, 4) is 17.1 Å². The first-order valence-corrected chi connectivity index (χ1v) is 10.4. The van der Waals surface area contributed by atoms with Gasteiger partial charge in [0.1, 0.15) is 5.75 Å². The highest BCUT2D eigenvalue weighted by Gasteiger charge is 2.09. The van der Waals surface area contributed by atoms with E-state index in [4.69, 9.17) is 13.9 Å². The predicted molar refractivity (Wildman–Crippen MR) is 138 cm³/mol. The molecule has 1 heterocycles. The molecule has 32 heavy (non-hydrogen) atoms. The minimum absolute atomic E-state index is 0. The van der Waals surface area contributed by atoms with Crippen molar-refractivity contribution in [1.82, 2.24) is 15.6 Å². The molecule has 0 radical (unpaired) electrons. The molecule has 1 aromatic heterocycles. The SMILES string of the molecule is CN=C(NCc1ncc(-c2ccccc2)o1)NCc1ccc(C)cc1OCCCOC.I. The highest BCUT2D eigenvalue weighted by Crippen LogP contribution is 2.21. The van der Waals surface area contributed by atoms with Gasteiger partial charge in [-0.25, -0.2) is 4.98 Å². The van der Waals surface area contributed by atoms with E-state index in [0.717, 1.165) is 34.6 Å². The maximum absolute atomic E-state index is 5.95. The summed E-state index contributed by atoms with van der Waals surface area (Å²) < 4.78 is 16.9. The minimum atomic E-state index is 0. The van der Waals surface area contributed by atoms with Crippen LogP contribution in [0.5, 0.6) is 5.75 Å². The van der Waals surface area contributed by atoms with Crippen LogP contribution in [0.2, 0.25) is 0 Å². The number of guanidine groups is 1. The molecule has 3 aromatic rings. The van der Waals surface area contributed by atoms with Crippen LogP contribution in [0.3, 0.4) is 0 Å². The molecule has 0 fully saturated rings. The summed E-state index contributed by atoms with van der Waals surface area (Å²) in [5.41, 5.74) is 3.22. The van der Waals surface area contributed by atoms with E-state index in [2.05, 4.69) is 45.7 Å². The average molecular weight is 550 g/mol. The van der Waals surface area contributed by atoms with Gasteiger partial charge in [-0.2, -0.15) is 0 Å². The van der Waals surface area contributed by atoms with Gasteiger partial charge < -0.3 is 24.5 Å². The molecule has 0 aliphatic rings. The number of aromatic nitrogens is 1. The third kappa shape index (κ3) is 7.83. The lowest BCUT2D eigenvalue weighted by Gasteiger charge is -2.15. The minimum Gasteiger partial charge on any atom is -0.493 e. The van der Waals surface area contributed by atoms with E-state index in [-0.39, 0.29) is 24.0 Å². The van der Waals surface area contributed by atoms with Crippen LogP contribution in [0.25, 0.3) is 11.3 Å². The summed E-state index contributed by atoms with van der Waals surface area (Å²) in [4.78, 5) is 8.63. The van der Waals surface area contributed by atoms with E-state index in [1.54, 1.807) is 20.4 Å². The van der Waals surface area contributed by atoms with Crippen LogP contribution in [-0.2, 0) is 17.8 Å². The fourth-order valence-corrected chi connectivity index (χ4v) is 3.01. The van der Waals surface area contributed by atoms with Crippen molar-refractivity contribution < 1.29 is 13.9 Å². The van der Waals surface area contributed by atoms with Gasteiger partial charge in [0.05, 0.1) is 19.3 Å². The molecule has 0 spiro atoms. The predicted octanol–water partition coefficient (Wildman–Crippen LogP) is 4.55. The van der Waals surface area contributed by atoms with Gasteiger partial charge in [0, 0.05) is 44.9 Å². The van der Waals surface area contributed by atoms with Crippen molar-refractivity contribution in [1.29, 1.82) is 0 Å². The maximum atomic E-state index is 5.95. The number of hydrogen-bond donors (Lipinski definition) is 2. The molecule has 2 N–H and O–H groups in total. The molecular weight excluding hydrogens is 519 g/mol. The van der Waals surface area contributed by atoms with Crippen LogP contribution in [-0.4, -0.2) is 38.3 Å². The van der Waals surface area contributed by atoms with Gasteiger partial charge in [-0.05, 0) is 18.6 Å². The van der Waals surface area contributed by atoms with Gasteiger partial charge in [-0.15, -0.1) is 24.0 Å². The number of rotatable bonds is 10. The molecule has 0 atom stereocenters. The van der Waals surface area contributed by atoms with Crippen molar-refractivity contribution in [2.45, 2.75) is 26.4 Å². The smallest absolute Gasteiger partial charge is 0.214 e. The van der Waals surface area contributed by atoms with Gasteiger partial charge in [0.25, 0.3) is 0 Å². The first kappa shape index (κ1) is 25.7. The molecule has 172 valence electrons. The Balaban J connectivity index is 0.00000363. The second-order valence-electron chi connectivity index (χ2n) is 7.07. The number of methoxy groups -OCH3 is 1. The lowest BCUT2D eigenvalue weighted by atomic mass is 10.1. The Morgan fingerprint density at radius 3 is 2.59 bits per heavy atom. The quantitative estimate of drug-likeness (QED) is 0.167. The summed E-state index contributed by atoms with van der Waals surface area (Å²) in [7, 11) is 3.43. The lowest BCUT2D eigenvalue weighted by molar-refractivity contribution is 0.171. The first-order valence-electron chi connectivity index (χ1n) is 10.4. The Bertz CT molecular complexity index is 976. The van der Waals surface area contributed by atoms with Gasteiger partial charge in [-0.1, -0.05) is 42.5 Å². The number of aliphatic imine (C=N–C) groups is 1. The van der Waals surface area contributed by atoms with Crippen molar-refractivity contribution in [3.63, 3.8) is 0 Å². The summed E-state index contributed by atoms with van der Waals surface area (Å²) in [5, 5.41) is 6.56. The molecule has 7 nitrogen and oxygen atoms in total. The molecule has 0 bridgehead atoms. The zero-order valence-corrected chi connectivity index (χ0v) is 21.1. The molecule has 2 aromatic carbocycles. The van der Waals surface area contributed by atoms with Crippen LogP contribution in [0.4, 0.5) is 0 Å². The van der Waals surface area contributed by atoms with E-state index in [9.17, 15) is 0 Å². The Morgan fingerprint density at radius 2 is 1.84 bits per heavy atom. The summed E-state index contributed by atoms with van der Waals surface area (Å²) in [6, 6.07) is 16.1. The maximum Gasteiger partial charge on any atom is 0.214 e. The molecular formula is C24H31IN4O3. The Morgan fingerprint density at radius 1 is 1.06 bits per heavy atom. The average Bonchev–Trinajstić information content (AvgIpc) is 3.27. The zero-order valence-electron chi connectivity index (χ0n) is 18.8. The monoisotopic (exact) mass is 550 g/mol. The number of halogens is 1. The van der Waals surface area contributed by atoms with E-state index in [1.807, 2.05) is 30.3 Å². The van der Waals surface area contributed by atoms with Crippen molar-refractivity contribution >= 4 is 29.9 Å². The lowest BCUT2D eigenvalue weighted by Crippen LogP contribution is -2.36. The molecule has 0 saturated heterocycles. The number of aryl methyl sites for hydroxylation is 1. The van der Waals surface area contributed by atoms with Crippen LogP contribution in [0, 0.1) is 6.92 Å².